The first-order valence-electron chi connectivity index (χ1n) is 8.46. The molecule has 3 rings (SSSR count). The van der Waals surface area contributed by atoms with E-state index in [2.05, 4.69) is 5.32 Å². The molecule has 0 atom stereocenters. The third-order valence-electron chi connectivity index (χ3n) is 4.07. The van der Waals surface area contributed by atoms with E-state index in [1.165, 1.54) is 30.3 Å². The Morgan fingerprint density at radius 3 is 2.52 bits per heavy atom. The van der Waals surface area contributed by atoms with E-state index in [0.29, 0.717) is 16.7 Å². The summed E-state index contributed by atoms with van der Waals surface area (Å²) in [4.78, 5) is 10.7. The van der Waals surface area contributed by atoms with Gasteiger partial charge in [-0.2, -0.15) is 0 Å². The topological polar surface area (TPSA) is 58.6 Å². The van der Waals surface area contributed by atoms with Crippen LogP contribution >= 0.6 is 23.2 Å². The molecule has 29 heavy (non-hydrogen) atoms. The lowest BCUT2D eigenvalue weighted by Crippen LogP contribution is -2.10. The molecule has 0 radical (unpaired) electrons. The molecule has 0 fully saturated rings. The van der Waals surface area contributed by atoms with Crippen LogP contribution in [0, 0.1) is 11.6 Å². The van der Waals surface area contributed by atoms with E-state index in [1.807, 2.05) is 0 Å². The standard InChI is InChI=1S/C21H15Cl2F2NO3/c22-16-5-7-18(29-11-19(27)28)20(23)21(16)26-10-14-8-13(4-6-17(14)25)12-2-1-3-15(24)9-12/h1-9,26H,10-11H2,(H,27,28). The molecule has 2 N–H and O–H groups in total. The van der Waals surface area contributed by atoms with E-state index >= 15 is 0 Å². The first-order valence-corrected chi connectivity index (χ1v) is 9.21. The number of hydrogen-bond acceptors (Lipinski definition) is 3. The Labute approximate surface area is 175 Å². The lowest BCUT2D eigenvalue weighted by atomic mass is 10.0. The Kier molecular flexibility index (Phi) is 6.56. The Morgan fingerprint density at radius 2 is 1.79 bits per heavy atom. The highest BCUT2D eigenvalue weighted by Crippen LogP contribution is 2.38. The summed E-state index contributed by atoms with van der Waals surface area (Å²) in [5.74, 6) is -1.86. The second-order valence-electron chi connectivity index (χ2n) is 6.09. The van der Waals surface area contributed by atoms with Crippen molar-refractivity contribution in [2.24, 2.45) is 0 Å². The van der Waals surface area contributed by atoms with E-state index in [0.717, 1.165) is 0 Å². The normalized spacial score (nSPS) is 10.6. The van der Waals surface area contributed by atoms with Crippen LogP contribution in [0.5, 0.6) is 5.75 Å². The van der Waals surface area contributed by atoms with Crippen molar-refractivity contribution < 1.29 is 23.4 Å². The SMILES string of the molecule is O=C(O)COc1ccc(Cl)c(NCc2cc(-c3cccc(F)c3)ccc2F)c1Cl. The van der Waals surface area contributed by atoms with E-state index < -0.39 is 18.4 Å². The van der Waals surface area contributed by atoms with Gasteiger partial charge in [-0.3, -0.25) is 0 Å². The van der Waals surface area contributed by atoms with Crippen molar-refractivity contribution in [3.05, 3.63) is 81.8 Å². The minimum absolute atomic E-state index is 0.0385. The van der Waals surface area contributed by atoms with Crippen LogP contribution in [0.2, 0.25) is 10.0 Å². The molecular weight excluding hydrogens is 423 g/mol. The third-order valence-corrected chi connectivity index (χ3v) is 4.76. The highest BCUT2D eigenvalue weighted by Gasteiger charge is 2.14. The van der Waals surface area contributed by atoms with Gasteiger partial charge in [-0.15, -0.1) is 0 Å². The average Bonchev–Trinajstić information content (AvgIpc) is 2.68. The van der Waals surface area contributed by atoms with Gasteiger partial charge in [0.1, 0.15) is 22.4 Å². The van der Waals surface area contributed by atoms with Gasteiger partial charge < -0.3 is 15.2 Å². The summed E-state index contributed by atoms with van der Waals surface area (Å²) in [6.45, 7) is -0.526. The minimum Gasteiger partial charge on any atom is -0.480 e. The van der Waals surface area contributed by atoms with Crippen LogP contribution in [-0.4, -0.2) is 17.7 Å². The maximum atomic E-state index is 14.3. The number of hydrogen-bond donors (Lipinski definition) is 2. The van der Waals surface area contributed by atoms with Crippen LogP contribution in [0.15, 0.2) is 54.6 Å². The molecule has 0 heterocycles. The summed E-state index contributed by atoms with van der Waals surface area (Å²) < 4.78 is 32.9. The molecule has 0 aliphatic heterocycles. The number of aliphatic carboxylic acids is 1. The van der Waals surface area contributed by atoms with Gasteiger partial charge in [-0.05, 0) is 47.5 Å². The molecular formula is C21H15Cl2F2NO3. The Morgan fingerprint density at radius 1 is 1.03 bits per heavy atom. The van der Waals surface area contributed by atoms with Gasteiger partial charge in [-0.1, -0.05) is 41.4 Å². The van der Waals surface area contributed by atoms with Crippen molar-refractivity contribution in [3.63, 3.8) is 0 Å². The molecule has 0 bridgehead atoms. The zero-order chi connectivity index (χ0) is 21.0. The number of rotatable bonds is 7. The third kappa shape index (κ3) is 5.16. The fraction of sp³-hybridized carbons (Fsp3) is 0.0952. The van der Waals surface area contributed by atoms with Crippen LogP contribution in [0.3, 0.4) is 0 Å². The maximum absolute atomic E-state index is 14.3. The zero-order valence-corrected chi connectivity index (χ0v) is 16.4. The molecule has 8 heteroatoms. The number of nitrogens with one attached hydrogen (secondary N) is 1. The quantitative estimate of drug-likeness (QED) is 0.474. The van der Waals surface area contributed by atoms with Gasteiger partial charge in [0, 0.05) is 12.1 Å². The average molecular weight is 438 g/mol. The summed E-state index contributed by atoms with van der Waals surface area (Å²) in [7, 11) is 0. The predicted molar refractivity (Wildman–Crippen MR) is 109 cm³/mol. The molecule has 3 aromatic rings. The molecule has 3 aromatic carbocycles. The predicted octanol–water partition coefficient (Wildman–Crippen LogP) is 6.01. The van der Waals surface area contributed by atoms with Gasteiger partial charge in [-0.25, -0.2) is 13.6 Å². The first kappa shape index (κ1) is 20.9. The molecule has 0 aliphatic carbocycles. The fourth-order valence-electron chi connectivity index (χ4n) is 2.69. The number of carbonyl (C=O) groups is 1. The number of ether oxygens (including phenoxy) is 1. The highest BCUT2D eigenvalue weighted by molar-refractivity contribution is 6.40. The number of halogens is 4. The van der Waals surface area contributed by atoms with Gasteiger partial charge in [0.05, 0.1) is 10.7 Å². The summed E-state index contributed by atoms with van der Waals surface area (Å²) in [5.41, 5.74) is 1.87. The molecule has 0 aromatic heterocycles. The van der Waals surface area contributed by atoms with Crippen molar-refractivity contribution in [1.82, 2.24) is 0 Å². The Bertz CT molecular complexity index is 1060. The molecule has 0 saturated heterocycles. The second kappa shape index (κ2) is 9.11. The monoisotopic (exact) mass is 437 g/mol. The Hall–Kier alpha value is -2.83. The molecule has 0 unspecified atom stereocenters. The van der Waals surface area contributed by atoms with E-state index in [9.17, 15) is 13.6 Å². The molecule has 0 saturated carbocycles. The molecule has 0 aliphatic rings. The Balaban J connectivity index is 1.83. The van der Waals surface area contributed by atoms with Crippen molar-refractivity contribution in [1.29, 1.82) is 0 Å². The van der Waals surface area contributed by atoms with Crippen molar-refractivity contribution in [3.8, 4) is 16.9 Å². The smallest absolute Gasteiger partial charge is 0.341 e. The molecule has 0 spiro atoms. The lowest BCUT2D eigenvalue weighted by molar-refractivity contribution is -0.139. The van der Waals surface area contributed by atoms with Crippen molar-refractivity contribution >= 4 is 34.9 Å². The van der Waals surface area contributed by atoms with Gasteiger partial charge in [0.15, 0.2) is 6.61 Å². The van der Waals surface area contributed by atoms with E-state index in [1.54, 1.807) is 24.3 Å². The van der Waals surface area contributed by atoms with Crippen LogP contribution in [0.25, 0.3) is 11.1 Å². The van der Waals surface area contributed by atoms with Crippen molar-refractivity contribution in [2.75, 3.05) is 11.9 Å². The van der Waals surface area contributed by atoms with Crippen LogP contribution in [0.1, 0.15) is 5.56 Å². The molecule has 4 nitrogen and oxygen atoms in total. The van der Waals surface area contributed by atoms with Gasteiger partial charge in [0.2, 0.25) is 0 Å². The highest BCUT2D eigenvalue weighted by atomic mass is 35.5. The van der Waals surface area contributed by atoms with Crippen molar-refractivity contribution in [2.45, 2.75) is 6.54 Å². The van der Waals surface area contributed by atoms with Crippen LogP contribution in [-0.2, 0) is 11.3 Å². The van der Waals surface area contributed by atoms with Gasteiger partial charge >= 0.3 is 5.97 Å². The molecule has 150 valence electrons. The minimum atomic E-state index is -1.15. The number of carboxylic acid groups (broad SMARTS) is 1. The second-order valence-corrected chi connectivity index (χ2v) is 6.87. The summed E-state index contributed by atoms with van der Waals surface area (Å²) in [6.07, 6.45) is 0. The summed E-state index contributed by atoms with van der Waals surface area (Å²) >= 11 is 12.4. The summed E-state index contributed by atoms with van der Waals surface area (Å²) in [6, 6.07) is 13.4. The number of benzene rings is 3. The number of carboxylic acids is 1. The van der Waals surface area contributed by atoms with Gasteiger partial charge in [0.25, 0.3) is 0 Å². The van der Waals surface area contributed by atoms with Crippen LogP contribution < -0.4 is 10.1 Å². The van der Waals surface area contributed by atoms with E-state index in [-0.39, 0.29) is 33.8 Å². The largest absolute Gasteiger partial charge is 0.480 e. The van der Waals surface area contributed by atoms with Crippen LogP contribution in [0.4, 0.5) is 14.5 Å². The maximum Gasteiger partial charge on any atom is 0.341 e. The van der Waals surface area contributed by atoms with E-state index in [4.69, 9.17) is 33.0 Å². The molecule has 0 amide bonds. The lowest BCUT2D eigenvalue weighted by Gasteiger charge is -2.15. The first-order chi connectivity index (χ1) is 13.8. The number of anilines is 1. The fourth-order valence-corrected chi connectivity index (χ4v) is 3.25. The summed E-state index contributed by atoms with van der Waals surface area (Å²) in [5, 5.41) is 12.0. The zero-order valence-electron chi connectivity index (χ0n) is 14.9.